The second-order valence-corrected chi connectivity index (χ2v) is 10.5. The number of methoxy groups -OCH3 is 2. The van der Waals surface area contributed by atoms with E-state index in [0.717, 1.165) is 5.56 Å². The first kappa shape index (κ1) is 29.4. The summed E-state index contributed by atoms with van der Waals surface area (Å²) in [6.07, 6.45) is 3.36. The predicted octanol–water partition coefficient (Wildman–Crippen LogP) is 5.78. The lowest BCUT2D eigenvalue weighted by Crippen LogP contribution is -2.30. The Hall–Kier alpha value is -4.12. The van der Waals surface area contributed by atoms with Gasteiger partial charge in [0, 0.05) is 47.8 Å². The molecule has 4 N–H and O–H groups in total. The quantitative estimate of drug-likeness (QED) is 0.142. The largest absolute Gasteiger partial charge is 0.495 e. The van der Waals surface area contributed by atoms with Crippen LogP contribution in [0, 0.1) is 5.92 Å². The van der Waals surface area contributed by atoms with Crippen LogP contribution in [0.15, 0.2) is 55.3 Å². The molecule has 0 spiro atoms. The zero-order valence-electron chi connectivity index (χ0n) is 23.1. The first-order valence-electron chi connectivity index (χ1n) is 13.2. The third-order valence-electron chi connectivity index (χ3n) is 7.01. The molecular formula is C30H30Cl2N6O4. The molecule has 0 saturated carbocycles. The smallest absolute Gasteiger partial charge is 0.223 e. The molecule has 0 aliphatic carbocycles. The Morgan fingerprint density at radius 2 is 1.90 bits per heavy atom. The van der Waals surface area contributed by atoms with E-state index in [0.29, 0.717) is 77.3 Å². The number of allylic oxidation sites excluding steroid dienone is 1. The molecule has 5 rings (SSSR count). The Morgan fingerprint density at radius 3 is 2.60 bits per heavy atom. The summed E-state index contributed by atoms with van der Waals surface area (Å²) in [6, 6.07) is 10.8. The molecule has 1 aliphatic heterocycles. The molecule has 2 aromatic heterocycles. The molecule has 0 amide bonds. The highest BCUT2D eigenvalue weighted by molar-refractivity contribution is 6.41. The maximum Gasteiger partial charge on any atom is 0.223 e. The molecule has 10 nitrogen and oxygen atoms in total. The summed E-state index contributed by atoms with van der Waals surface area (Å²) in [7, 11) is 3.03. The summed E-state index contributed by atoms with van der Waals surface area (Å²) in [5.41, 5.74) is 9.09. The Balaban J connectivity index is 1.57. The number of hydrogen-bond donors (Lipinski definition) is 3. The van der Waals surface area contributed by atoms with Crippen LogP contribution < -0.4 is 25.8 Å². The zero-order valence-corrected chi connectivity index (χ0v) is 24.6. The van der Waals surface area contributed by atoms with Crippen molar-refractivity contribution < 1.29 is 19.0 Å². The monoisotopic (exact) mass is 608 g/mol. The van der Waals surface area contributed by atoms with Gasteiger partial charge in [0.1, 0.15) is 17.0 Å². The van der Waals surface area contributed by atoms with Gasteiger partial charge in [0.15, 0.2) is 11.6 Å². The van der Waals surface area contributed by atoms with E-state index in [-0.39, 0.29) is 27.8 Å². The number of carbonyl (C=O) groups excluding carboxylic acids is 1. The van der Waals surface area contributed by atoms with Crippen molar-refractivity contribution in [3.05, 3.63) is 70.9 Å². The van der Waals surface area contributed by atoms with Crippen molar-refractivity contribution >= 4 is 57.3 Å². The predicted molar refractivity (Wildman–Crippen MR) is 166 cm³/mol. The van der Waals surface area contributed by atoms with Gasteiger partial charge in [-0.15, -0.1) is 0 Å². The van der Waals surface area contributed by atoms with Crippen molar-refractivity contribution in [2.75, 3.05) is 43.8 Å². The van der Waals surface area contributed by atoms with E-state index in [2.05, 4.69) is 22.2 Å². The third-order valence-corrected chi connectivity index (χ3v) is 7.76. The number of benzene rings is 2. The van der Waals surface area contributed by atoms with Crippen molar-refractivity contribution in [3.63, 3.8) is 0 Å². The number of anilines is 3. The minimum atomic E-state index is -0.135. The van der Waals surface area contributed by atoms with Crippen LogP contribution in [0.3, 0.4) is 0 Å². The van der Waals surface area contributed by atoms with E-state index in [1.165, 1.54) is 20.3 Å². The molecule has 1 aliphatic rings. The molecule has 12 heteroatoms. The van der Waals surface area contributed by atoms with Crippen LogP contribution in [0.4, 0.5) is 17.5 Å². The van der Waals surface area contributed by atoms with Crippen LogP contribution >= 0.6 is 23.2 Å². The fraction of sp³-hybridized carbons (Fsp3) is 0.267. The summed E-state index contributed by atoms with van der Waals surface area (Å²) >= 11 is 13.5. The van der Waals surface area contributed by atoms with Crippen LogP contribution in [0.25, 0.3) is 22.2 Å². The topological polar surface area (TPSA) is 134 Å². The number of aromatic nitrogens is 3. The number of hydrogen-bond acceptors (Lipinski definition) is 10. The number of ketones is 1. The number of ether oxygens (including phenoxy) is 3. The number of pyridine rings is 1. The normalized spacial score (nSPS) is 16.3. The van der Waals surface area contributed by atoms with E-state index in [1.807, 2.05) is 24.3 Å². The van der Waals surface area contributed by atoms with Gasteiger partial charge in [-0.05, 0) is 29.8 Å². The van der Waals surface area contributed by atoms with Crippen LogP contribution in [0.2, 0.25) is 10.0 Å². The fourth-order valence-electron chi connectivity index (χ4n) is 4.83. The molecule has 0 radical (unpaired) electrons. The number of nitrogen functional groups attached to an aromatic ring is 1. The molecule has 3 heterocycles. The van der Waals surface area contributed by atoms with Gasteiger partial charge in [-0.25, -0.2) is 15.0 Å². The van der Waals surface area contributed by atoms with Crippen molar-refractivity contribution in [2.45, 2.75) is 19.0 Å². The lowest BCUT2D eigenvalue weighted by molar-refractivity contribution is -0.115. The van der Waals surface area contributed by atoms with Gasteiger partial charge in [-0.1, -0.05) is 41.9 Å². The van der Waals surface area contributed by atoms with Gasteiger partial charge in [0.25, 0.3) is 0 Å². The number of fused-ring (bicyclic) bond motifs is 1. The molecule has 1 fully saturated rings. The van der Waals surface area contributed by atoms with E-state index in [1.54, 1.807) is 18.3 Å². The molecule has 0 unspecified atom stereocenters. The zero-order chi connectivity index (χ0) is 29.8. The van der Waals surface area contributed by atoms with E-state index in [4.69, 9.17) is 53.1 Å². The van der Waals surface area contributed by atoms with Gasteiger partial charge in [0.2, 0.25) is 5.95 Å². The van der Waals surface area contributed by atoms with Crippen molar-refractivity contribution in [1.29, 1.82) is 0 Å². The first-order chi connectivity index (χ1) is 20.3. The molecule has 1 saturated heterocycles. The lowest BCUT2D eigenvalue weighted by atomic mass is 9.97. The van der Waals surface area contributed by atoms with E-state index < -0.39 is 0 Å². The number of nitrogens with two attached hydrogens (primary N) is 1. The van der Waals surface area contributed by atoms with Crippen molar-refractivity contribution in [3.8, 4) is 22.8 Å². The average molecular weight is 610 g/mol. The number of nitrogens with one attached hydrogen (secondary N) is 2. The summed E-state index contributed by atoms with van der Waals surface area (Å²) in [5, 5.41) is 7.99. The maximum atomic E-state index is 12.0. The summed E-state index contributed by atoms with van der Waals surface area (Å²) in [5.74, 6) is 1.59. The van der Waals surface area contributed by atoms with Gasteiger partial charge in [-0.3, -0.25) is 4.79 Å². The van der Waals surface area contributed by atoms with E-state index >= 15 is 0 Å². The van der Waals surface area contributed by atoms with Gasteiger partial charge < -0.3 is 30.6 Å². The lowest BCUT2D eigenvalue weighted by Gasteiger charge is -2.19. The van der Waals surface area contributed by atoms with Crippen LogP contribution in [-0.4, -0.2) is 54.2 Å². The summed E-state index contributed by atoms with van der Waals surface area (Å²) in [4.78, 5) is 26.2. The molecule has 4 aromatic rings. The second-order valence-electron chi connectivity index (χ2n) is 9.79. The number of carbonyl (C=O) groups is 1. The van der Waals surface area contributed by atoms with Crippen molar-refractivity contribution in [2.24, 2.45) is 5.92 Å². The fourth-order valence-corrected chi connectivity index (χ4v) is 5.52. The molecule has 2 aromatic carbocycles. The van der Waals surface area contributed by atoms with E-state index in [9.17, 15) is 4.79 Å². The van der Waals surface area contributed by atoms with Gasteiger partial charge in [-0.2, -0.15) is 0 Å². The Bertz CT molecular complexity index is 1620. The molecule has 2 atom stereocenters. The minimum Gasteiger partial charge on any atom is -0.495 e. The number of halogens is 2. The standard InChI is InChI=1S/C30H30Cl2N6O4/c1-4-20(39)9-18-14-42-15-22(18)37-30-35-13-17-10-21(25-26(31)23(40-2)11-24(41-3)27(25)32)36-29(28(17)38-30)34-12-16-6-5-7-19(33)8-16/h4-8,10-11,13,18,22H,1,9,12,14-15,33H2,2-3H3,(H,34,36)(H,35,37,38)/t18-,22+/m0/s1. The number of rotatable bonds is 11. The summed E-state index contributed by atoms with van der Waals surface area (Å²) in [6.45, 7) is 4.90. The van der Waals surface area contributed by atoms with Crippen LogP contribution in [0.1, 0.15) is 12.0 Å². The van der Waals surface area contributed by atoms with Gasteiger partial charge in [0.05, 0.1) is 49.2 Å². The highest BCUT2D eigenvalue weighted by atomic mass is 35.5. The SMILES string of the molecule is C=CC(=O)C[C@H]1COC[C@H]1Nc1ncc2cc(-c3c(Cl)c(OC)cc(OC)c3Cl)nc(NCc3cccc(N)c3)c2n1. The first-order valence-corrected chi connectivity index (χ1v) is 13.9. The number of nitrogens with zero attached hydrogens (tertiary/aromatic N) is 3. The molecule has 218 valence electrons. The van der Waals surface area contributed by atoms with Crippen LogP contribution in [-0.2, 0) is 16.1 Å². The third kappa shape index (κ3) is 6.20. The van der Waals surface area contributed by atoms with Gasteiger partial charge >= 0.3 is 0 Å². The molecule has 42 heavy (non-hydrogen) atoms. The average Bonchev–Trinajstić information content (AvgIpc) is 3.42. The molecule has 0 bridgehead atoms. The Kier molecular flexibility index (Phi) is 8.96. The Labute approximate surface area is 253 Å². The minimum absolute atomic E-state index is 0.0243. The maximum absolute atomic E-state index is 12.0. The molecular weight excluding hydrogens is 579 g/mol. The second kappa shape index (κ2) is 12.8. The highest BCUT2D eigenvalue weighted by Gasteiger charge is 2.30. The van der Waals surface area contributed by atoms with Crippen LogP contribution in [0.5, 0.6) is 11.5 Å². The highest BCUT2D eigenvalue weighted by Crippen LogP contribution is 2.46. The van der Waals surface area contributed by atoms with Crippen molar-refractivity contribution in [1.82, 2.24) is 15.0 Å². The summed E-state index contributed by atoms with van der Waals surface area (Å²) < 4.78 is 16.6. The Morgan fingerprint density at radius 1 is 1.14 bits per heavy atom.